The van der Waals surface area contributed by atoms with E-state index in [1.807, 2.05) is 41.9 Å². The molecule has 0 radical (unpaired) electrons. The van der Waals surface area contributed by atoms with Gasteiger partial charge in [0.2, 0.25) is 0 Å². The second-order valence-electron chi connectivity index (χ2n) is 9.34. The molecule has 3 aromatic heterocycles. The monoisotopic (exact) mass is 440 g/mol. The lowest BCUT2D eigenvalue weighted by atomic mass is 10.1. The highest BCUT2D eigenvalue weighted by atomic mass is 16.2. The van der Waals surface area contributed by atoms with Crippen molar-refractivity contribution in [2.75, 3.05) is 26.2 Å². The van der Waals surface area contributed by atoms with E-state index in [4.69, 9.17) is 4.98 Å². The molecule has 1 aromatic carbocycles. The SMILES string of the molecule is Cc1nn(C)c2nc(C3CC3)cc(C(=O)N3CCN(Cc4cccc5cccnc45)CC3)c12. The van der Waals surface area contributed by atoms with Crippen LogP contribution >= 0.6 is 0 Å². The molecule has 0 unspecified atom stereocenters. The topological polar surface area (TPSA) is 67.2 Å². The lowest BCUT2D eigenvalue weighted by molar-refractivity contribution is 0.0630. The van der Waals surface area contributed by atoms with Crippen molar-refractivity contribution in [3.8, 4) is 0 Å². The van der Waals surface area contributed by atoms with Gasteiger partial charge in [-0.2, -0.15) is 5.10 Å². The van der Waals surface area contributed by atoms with Gasteiger partial charge in [0.25, 0.3) is 5.91 Å². The van der Waals surface area contributed by atoms with E-state index in [1.165, 1.54) is 10.9 Å². The predicted molar refractivity (Wildman–Crippen MR) is 128 cm³/mol. The molecule has 1 amide bonds. The number of pyridine rings is 2. The minimum Gasteiger partial charge on any atom is -0.336 e. The zero-order valence-electron chi connectivity index (χ0n) is 19.2. The van der Waals surface area contributed by atoms with Crippen molar-refractivity contribution >= 4 is 27.8 Å². The number of aryl methyl sites for hydroxylation is 2. The molecule has 0 atom stereocenters. The lowest BCUT2D eigenvalue weighted by Crippen LogP contribution is -2.48. The number of amides is 1. The number of para-hydroxylation sites is 1. The third-order valence-electron chi connectivity index (χ3n) is 6.98. The summed E-state index contributed by atoms with van der Waals surface area (Å²) in [5.74, 6) is 0.592. The average molecular weight is 441 g/mol. The molecule has 33 heavy (non-hydrogen) atoms. The van der Waals surface area contributed by atoms with Crippen LogP contribution in [0.1, 0.15) is 46.1 Å². The molecule has 6 rings (SSSR count). The molecule has 1 aliphatic carbocycles. The Kier molecular flexibility index (Phi) is 4.87. The van der Waals surface area contributed by atoms with Crippen LogP contribution in [0.15, 0.2) is 42.6 Å². The standard InChI is InChI=1S/C26H28N6O/c1-17-23-21(15-22(18-8-9-18)28-25(23)30(2)29-17)26(33)32-13-11-31(12-14-32)16-20-6-3-5-19-7-4-10-27-24(19)20/h3-7,10,15,18H,8-9,11-14,16H2,1-2H3. The van der Waals surface area contributed by atoms with Gasteiger partial charge in [-0.25, -0.2) is 4.98 Å². The average Bonchev–Trinajstić information content (AvgIpc) is 3.65. The Labute approximate surface area is 193 Å². The summed E-state index contributed by atoms with van der Waals surface area (Å²) in [6.45, 7) is 5.96. The number of carbonyl (C=O) groups excluding carboxylic acids is 1. The van der Waals surface area contributed by atoms with Gasteiger partial charge in [-0.1, -0.05) is 24.3 Å². The summed E-state index contributed by atoms with van der Waals surface area (Å²) in [5, 5.41) is 6.62. The molecule has 4 heterocycles. The van der Waals surface area contributed by atoms with E-state index < -0.39 is 0 Å². The summed E-state index contributed by atoms with van der Waals surface area (Å²) in [4.78, 5) is 27.5. The molecule has 7 heteroatoms. The molecule has 2 aliphatic rings. The fourth-order valence-corrected chi connectivity index (χ4v) is 5.04. The molecule has 7 nitrogen and oxygen atoms in total. The molecular weight excluding hydrogens is 412 g/mol. The molecule has 0 spiro atoms. The van der Waals surface area contributed by atoms with Gasteiger partial charge in [0.1, 0.15) is 0 Å². The normalized spacial score (nSPS) is 17.2. The molecule has 1 aliphatic heterocycles. The fourth-order valence-electron chi connectivity index (χ4n) is 5.04. The smallest absolute Gasteiger partial charge is 0.254 e. The molecule has 1 saturated heterocycles. The number of hydrogen-bond acceptors (Lipinski definition) is 5. The molecule has 1 saturated carbocycles. The van der Waals surface area contributed by atoms with E-state index in [9.17, 15) is 4.79 Å². The van der Waals surface area contributed by atoms with Crippen LogP contribution in [0.3, 0.4) is 0 Å². The second kappa shape index (κ2) is 7.92. The van der Waals surface area contributed by atoms with Gasteiger partial charge >= 0.3 is 0 Å². The van der Waals surface area contributed by atoms with Crippen molar-refractivity contribution in [1.82, 2.24) is 29.5 Å². The van der Waals surface area contributed by atoms with Gasteiger partial charge in [-0.3, -0.25) is 19.4 Å². The number of fused-ring (bicyclic) bond motifs is 2. The fraction of sp³-hybridized carbons (Fsp3) is 0.385. The molecule has 4 aromatic rings. The number of aromatic nitrogens is 4. The number of benzene rings is 1. The highest BCUT2D eigenvalue weighted by molar-refractivity contribution is 6.06. The molecule has 168 valence electrons. The summed E-state index contributed by atoms with van der Waals surface area (Å²) < 4.78 is 1.81. The molecule has 0 bridgehead atoms. The summed E-state index contributed by atoms with van der Waals surface area (Å²) >= 11 is 0. The van der Waals surface area contributed by atoms with Crippen LogP contribution < -0.4 is 0 Å². The molecule has 0 N–H and O–H groups in total. The Morgan fingerprint density at radius 2 is 1.88 bits per heavy atom. The van der Waals surface area contributed by atoms with Crippen molar-refractivity contribution in [1.29, 1.82) is 0 Å². The number of hydrogen-bond donors (Lipinski definition) is 0. The first kappa shape index (κ1) is 20.3. The minimum absolute atomic E-state index is 0.104. The maximum Gasteiger partial charge on any atom is 0.254 e. The highest BCUT2D eigenvalue weighted by Gasteiger charge is 2.30. The quantitative estimate of drug-likeness (QED) is 0.485. The Bertz CT molecular complexity index is 1360. The van der Waals surface area contributed by atoms with Crippen LogP contribution in [0.5, 0.6) is 0 Å². The Hall–Kier alpha value is -3.32. The Morgan fingerprint density at radius 3 is 2.67 bits per heavy atom. The van der Waals surface area contributed by atoms with E-state index in [1.54, 1.807) is 0 Å². The van der Waals surface area contributed by atoms with E-state index in [-0.39, 0.29) is 5.91 Å². The van der Waals surface area contributed by atoms with Gasteiger partial charge in [0, 0.05) is 63.0 Å². The summed E-state index contributed by atoms with van der Waals surface area (Å²) in [6.07, 6.45) is 4.17. The zero-order valence-corrected chi connectivity index (χ0v) is 19.2. The summed E-state index contributed by atoms with van der Waals surface area (Å²) in [6, 6.07) is 12.5. The third kappa shape index (κ3) is 3.66. The number of carbonyl (C=O) groups is 1. The summed E-state index contributed by atoms with van der Waals surface area (Å²) in [5.41, 5.74) is 5.80. The molecule has 2 fully saturated rings. The Balaban J connectivity index is 1.22. The Morgan fingerprint density at radius 1 is 1.09 bits per heavy atom. The maximum atomic E-state index is 13.6. The van der Waals surface area contributed by atoms with Crippen LogP contribution in [0, 0.1) is 6.92 Å². The number of nitrogens with zero attached hydrogens (tertiary/aromatic N) is 6. The van der Waals surface area contributed by atoms with E-state index in [0.717, 1.165) is 79.1 Å². The summed E-state index contributed by atoms with van der Waals surface area (Å²) in [7, 11) is 1.91. The van der Waals surface area contributed by atoms with Gasteiger partial charge in [-0.15, -0.1) is 0 Å². The van der Waals surface area contributed by atoms with Crippen molar-refractivity contribution in [2.45, 2.75) is 32.2 Å². The zero-order chi connectivity index (χ0) is 22.5. The first-order chi connectivity index (χ1) is 16.1. The maximum absolute atomic E-state index is 13.6. The van der Waals surface area contributed by atoms with E-state index in [2.05, 4.69) is 39.2 Å². The van der Waals surface area contributed by atoms with Crippen molar-refractivity contribution in [2.24, 2.45) is 7.05 Å². The van der Waals surface area contributed by atoms with Crippen LogP contribution in [-0.4, -0.2) is 61.6 Å². The third-order valence-corrected chi connectivity index (χ3v) is 6.98. The van der Waals surface area contributed by atoms with Crippen LogP contribution in [-0.2, 0) is 13.6 Å². The number of rotatable bonds is 4. The number of piperazine rings is 1. The van der Waals surface area contributed by atoms with Crippen LogP contribution in [0.2, 0.25) is 0 Å². The predicted octanol–water partition coefficient (Wildman–Crippen LogP) is 3.66. The first-order valence-electron chi connectivity index (χ1n) is 11.8. The largest absolute Gasteiger partial charge is 0.336 e. The van der Waals surface area contributed by atoms with Gasteiger partial charge in [-0.05, 0) is 37.5 Å². The molecular formula is C26H28N6O. The highest BCUT2D eigenvalue weighted by Crippen LogP contribution is 2.40. The van der Waals surface area contributed by atoms with Gasteiger partial charge in [0.15, 0.2) is 5.65 Å². The van der Waals surface area contributed by atoms with Gasteiger partial charge in [0.05, 0.1) is 22.2 Å². The minimum atomic E-state index is 0.104. The van der Waals surface area contributed by atoms with Crippen molar-refractivity contribution < 1.29 is 4.79 Å². The second-order valence-corrected chi connectivity index (χ2v) is 9.34. The van der Waals surface area contributed by atoms with Crippen LogP contribution in [0.25, 0.3) is 21.9 Å². The van der Waals surface area contributed by atoms with Crippen LogP contribution in [0.4, 0.5) is 0 Å². The van der Waals surface area contributed by atoms with Crippen molar-refractivity contribution in [3.63, 3.8) is 0 Å². The van der Waals surface area contributed by atoms with E-state index in [0.29, 0.717) is 5.92 Å². The lowest BCUT2D eigenvalue weighted by Gasteiger charge is -2.35. The van der Waals surface area contributed by atoms with Crippen molar-refractivity contribution in [3.05, 3.63) is 65.1 Å². The first-order valence-corrected chi connectivity index (χ1v) is 11.8. The van der Waals surface area contributed by atoms with E-state index >= 15 is 0 Å². The van der Waals surface area contributed by atoms with Gasteiger partial charge < -0.3 is 4.90 Å².